The van der Waals surface area contributed by atoms with Crippen LogP contribution in [-0.2, 0) is 4.74 Å². The van der Waals surface area contributed by atoms with E-state index in [0.29, 0.717) is 6.54 Å². The number of nitrogens with two attached hydrogens (primary N) is 1. The Kier molecular flexibility index (Phi) is 4.73. The average Bonchev–Trinajstić information content (AvgIpc) is 2.60. The minimum Gasteiger partial charge on any atom is -0.391 e. The summed E-state index contributed by atoms with van der Waals surface area (Å²) in [6.45, 7) is 6.07. The van der Waals surface area contributed by atoms with Crippen molar-refractivity contribution in [3.8, 4) is 0 Å². The Bertz CT molecular complexity index is 299. The number of hydrogen-bond donors (Lipinski definition) is 2. The molecule has 3 unspecified atom stereocenters. The summed E-state index contributed by atoms with van der Waals surface area (Å²) in [5, 5.41) is 9.35. The third kappa shape index (κ3) is 3.57. The summed E-state index contributed by atoms with van der Waals surface area (Å²) in [4.78, 5) is 2.37. The van der Waals surface area contributed by atoms with Crippen molar-refractivity contribution in [2.75, 3.05) is 6.54 Å². The molecule has 1 rings (SSSR count). The highest BCUT2D eigenvalue weighted by molar-refractivity contribution is 7.12. The van der Waals surface area contributed by atoms with E-state index in [1.165, 1.54) is 4.88 Å². The molecule has 0 saturated heterocycles. The summed E-state index contributed by atoms with van der Waals surface area (Å²) in [7, 11) is 0. The summed E-state index contributed by atoms with van der Waals surface area (Å²) in [5.41, 5.74) is 5.66. The second-order valence-corrected chi connectivity index (χ2v) is 5.07. The number of aliphatic hydroxyl groups excluding tert-OH is 1. The predicted octanol–water partition coefficient (Wildman–Crippen LogP) is 1.84. The molecule has 0 aliphatic rings. The molecule has 0 aliphatic heterocycles. The van der Waals surface area contributed by atoms with Crippen molar-refractivity contribution >= 4 is 11.3 Å². The molecule has 3 atom stereocenters. The van der Waals surface area contributed by atoms with Crippen LogP contribution in [0.4, 0.5) is 0 Å². The number of rotatable bonds is 5. The zero-order valence-electron chi connectivity index (χ0n) is 9.43. The molecule has 3 nitrogen and oxygen atoms in total. The quantitative estimate of drug-likeness (QED) is 0.810. The lowest BCUT2D eigenvalue weighted by atomic mass is 10.2. The number of thiophene rings is 1. The third-order valence-electron chi connectivity index (χ3n) is 2.35. The van der Waals surface area contributed by atoms with Crippen molar-refractivity contribution in [3.05, 3.63) is 21.9 Å². The van der Waals surface area contributed by atoms with Gasteiger partial charge in [0.25, 0.3) is 0 Å². The van der Waals surface area contributed by atoms with Crippen LogP contribution in [0, 0.1) is 6.92 Å². The van der Waals surface area contributed by atoms with Gasteiger partial charge in [-0.3, -0.25) is 0 Å². The molecular weight excluding hydrogens is 210 g/mol. The highest BCUT2D eigenvalue weighted by atomic mass is 32.1. The molecule has 0 radical (unpaired) electrons. The Morgan fingerprint density at radius 1 is 1.47 bits per heavy atom. The molecule has 0 fully saturated rings. The minimum absolute atomic E-state index is 0.103. The van der Waals surface area contributed by atoms with Gasteiger partial charge in [-0.25, -0.2) is 0 Å². The summed E-state index contributed by atoms with van der Waals surface area (Å²) in [6.07, 6.45) is -0.769. The van der Waals surface area contributed by atoms with Crippen LogP contribution in [0.2, 0.25) is 0 Å². The normalized spacial score (nSPS) is 17.4. The Balaban J connectivity index is 2.64. The summed E-state index contributed by atoms with van der Waals surface area (Å²) < 4.78 is 5.70. The van der Waals surface area contributed by atoms with Crippen LogP contribution in [0.5, 0.6) is 0 Å². The number of ether oxygens (including phenoxy) is 1. The predicted molar refractivity (Wildman–Crippen MR) is 63.1 cm³/mol. The third-order valence-corrected chi connectivity index (χ3v) is 3.44. The van der Waals surface area contributed by atoms with E-state index >= 15 is 0 Å². The van der Waals surface area contributed by atoms with Crippen LogP contribution in [-0.4, -0.2) is 23.9 Å². The van der Waals surface area contributed by atoms with Gasteiger partial charge < -0.3 is 15.6 Å². The van der Waals surface area contributed by atoms with Crippen LogP contribution >= 0.6 is 11.3 Å². The molecule has 0 amide bonds. The molecule has 3 N–H and O–H groups in total. The van der Waals surface area contributed by atoms with Crippen molar-refractivity contribution in [1.29, 1.82) is 0 Å². The second kappa shape index (κ2) is 5.61. The monoisotopic (exact) mass is 229 g/mol. The van der Waals surface area contributed by atoms with E-state index in [1.807, 2.05) is 13.0 Å². The van der Waals surface area contributed by atoms with Crippen LogP contribution < -0.4 is 5.73 Å². The first-order valence-electron chi connectivity index (χ1n) is 5.14. The van der Waals surface area contributed by atoms with Crippen LogP contribution in [0.3, 0.4) is 0 Å². The fraction of sp³-hybridized carbons (Fsp3) is 0.636. The Morgan fingerprint density at radius 3 is 2.53 bits per heavy atom. The average molecular weight is 229 g/mol. The minimum atomic E-state index is -0.472. The maximum Gasteiger partial charge on any atom is 0.104 e. The number of aliphatic hydroxyl groups is 1. The molecule has 0 aromatic carbocycles. The molecule has 0 bridgehead atoms. The first-order chi connectivity index (χ1) is 7.04. The Labute approximate surface area is 94.9 Å². The Hall–Kier alpha value is -0.420. The highest BCUT2D eigenvalue weighted by Gasteiger charge is 2.18. The second-order valence-electron chi connectivity index (χ2n) is 3.75. The fourth-order valence-electron chi connectivity index (χ4n) is 1.24. The molecule has 15 heavy (non-hydrogen) atoms. The van der Waals surface area contributed by atoms with E-state index in [1.54, 1.807) is 18.3 Å². The zero-order valence-corrected chi connectivity index (χ0v) is 10.3. The van der Waals surface area contributed by atoms with Gasteiger partial charge in [-0.2, -0.15) is 0 Å². The van der Waals surface area contributed by atoms with Gasteiger partial charge in [-0.05, 0) is 32.9 Å². The Morgan fingerprint density at radius 2 is 2.13 bits per heavy atom. The van der Waals surface area contributed by atoms with Crippen LogP contribution in [0.25, 0.3) is 0 Å². The highest BCUT2D eigenvalue weighted by Crippen LogP contribution is 2.26. The van der Waals surface area contributed by atoms with Gasteiger partial charge in [0.05, 0.1) is 12.2 Å². The maximum absolute atomic E-state index is 9.35. The molecule has 0 spiro atoms. The first kappa shape index (κ1) is 12.6. The van der Waals surface area contributed by atoms with E-state index in [4.69, 9.17) is 10.5 Å². The summed E-state index contributed by atoms with van der Waals surface area (Å²) >= 11 is 1.69. The molecule has 0 saturated carbocycles. The van der Waals surface area contributed by atoms with Crippen molar-refractivity contribution in [2.24, 2.45) is 5.73 Å². The molecule has 1 aromatic rings. The number of hydrogen-bond acceptors (Lipinski definition) is 4. The van der Waals surface area contributed by atoms with Crippen molar-refractivity contribution in [3.63, 3.8) is 0 Å². The first-order valence-corrected chi connectivity index (χ1v) is 5.96. The van der Waals surface area contributed by atoms with Gasteiger partial charge >= 0.3 is 0 Å². The maximum atomic E-state index is 9.35. The van der Waals surface area contributed by atoms with Gasteiger partial charge in [0, 0.05) is 16.3 Å². The summed E-state index contributed by atoms with van der Waals surface area (Å²) in [6, 6.07) is 4.09. The van der Waals surface area contributed by atoms with Gasteiger partial charge in [0.15, 0.2) is 0 Å². The van der Waals surface area contributed by atoms with Gasteiger partial charge in [0.2, 0.25) is 0 Å². The van der Waals surface area contributed by atoms with E-state index in [2.05, 4.69) is 13.0 Å². The van der Waals surface area contributed by atoms with E-state index < -0.39 is 6.10 Å². The zero-order chi connectivity index (χ0) is 11.4. The lowest BCUT2D eigenvalue weighted by molar-refractivity contribution is -0.0579. The van der Waals surface area contributed by atoms with Crippen LogP contribution in [0.15, 0.2) is 12.1 Å². The van der Waals surface area contributed by atoms with Crippen molar-refractivity contribution in [2.45, 2.75) is 39.1 Å². The van der Waals surface area contributed by atoms with Gasteiger partial charge in [-0.15, -0.1) is 11.3 Å². The standard InChI is InChI=1S/C11H19NO2S/c1-7-4-5-11(15-7)10(6-12)14-9(3)8(2)13/h4-5,8-10,13H,6,12H2,1-3H3. The molecule has 1 aromatic heterocycles. The van der Waals surface area contributed by atoms with E-state index in [-0.39, 0.29) is 12.2 Å². The lowest BCUT2D eigenvalue weighted by Crippen LogP contribution is -2.27. The lowest BCUT2D eigenvalue weighted by Gasteiger charge is -2.22. The van der Waals surface area contributed by atoms with E-state index in [9.17, 15) is 5.11 Å². The van der Waals surface area contributed by atoms with Crippen molar-refractivity contribution < 1.29 is 9.84 Å². The topological polar surface area (TPSA) is 55.5 Å². The number of aryl methyl sites for hydroxylation is 1. The SMILES string of the molecule is Cc1ccc(C(CN)OC(C)C(C)O)s1. The fourth-order valence-corrected chi connectivity index (χ4v) is 2.17. The molecule has 4 heteroatoms. The van der Waals surface area contributed by atoms with E-state index in [0.717, 1.165) is 4.88 Å². The largest absolute Gasteiger partial charge is 0.391 e. The van der Waals surface area contributed by atoms with Crippen molar-refractivity contribution in [1.82, 2.24) is 0 Å². The molecule has 86 valence electrons. The van der Waals surface area contributed by atoms with Gasteiger partial charge in [-0.1, -0.05) is 0 Å². The smallest absolute Gasteiger partial charge is 0.104 e. The molecule has 1 heterocycles. The van der Waals surface area contributed by atoms with Crippen LogP contribution in [0.1, 0.15) is 29.7 Å². The molecular formula is C11H19NO2S. The summed E-state index contributed by atoms with van der Waals surface area (Å²) in [5.74, 6) is 0. The molecule has 0 aliphatic carbocycles. The van der Waals surface area contributed by atoms with Gasteiger partial charge in [0.1, 0.15) is 6.10 Å².